The molecule has 1 saturated heterocycles. The maximum Gasteiger partial charge on any atom is 0.269 e. The lowest BCUT2D eigenvalue weighted by Gasteiger charge is -2.45. The van der Waals surface area contributed by atoms with Crippen LogP contribution in [-0.4, -0.2) is 39.6 Å². The van der Waals surface area contributed by atoms with Crippen molar-refractivity contribution in [2.45, 2.75) is 37.0 Å². The second-order valence-electron chi connectivity index (χ2n) is 7.74. The Labute approximate surface area is 159 Å². The second kappa shape index (κ2) is 7.57. The number of nitrogens with one attached hydrogen (secondary N) is 1. The van der Waals surface area contributed by atoms with E-state index in [1.807, 2.05) is 23.9 Å². The van der Waals surface area contributed by atoms with Gasteiger partial charge in [-0.2, -0.15) is 11.8 Å². The molecule has 3 atom stereocenters. The van der Waals surface area contributed by atoms with Crippen molar-refractivity contribution in [1.29, 1.82) is 0 Å². The number of carbonyl (C=O) groups is 1. The van der Waals surface area contributed by atoms with Gasteiger partial charge in [0, 0.05) is 18.0 Å². The zero-order valence-corrected chi connectivity index (χ0v) is 15.7. The summed E-state index contributed by atoms with van der Waals surface area (Å²) in [7, 11) is 0. The third-order valence-corrected chi connectivity index (χ3v) is 7.70. The van der Waals surface area contributed by atoms with Crippen LogP contribution in [0.5, 0.6) is 0 Å². The van der Waals surface area contributed by atoms with Crippen molar-refractivity contribution in [3.8, 4) is 0 Å². The third kappa shape index (κ3) is 3.47. The van der Waals surface area contributed by atoms with Gasteiger partial charge in [0.15, 0.2) is 0 Å². The number of carbonyl (C=O) groups excluding carboxylic acids is 1. The number of aromatic nitrogens is 1. The summed E-state index contributed by atoms with van der Waals surface area (Å²) in [5, 5.41) is 13.8. The molecule has 1 amide bonds. The van der Waals surface area contributed by atoms with Crippen LogP contribution in [-0.2, 0) is 0 Å². The number of nitrogens with zero attached hydrogens (tertiary/aromatic N) is 1. The molecule has 0 aromatic carbocycles. The highest BCUT2D eigenvalue weighted by atomic mass is 32.2. The summed E-state index contributed by atoms with van der Waals surface area (Å²) >= 11 is 2.03. The Kier molecular flexibility index (Phi) is 5.18. The highest BCUT2D eigenvalue weighted by Crippen LogP contribution is 2.53. The lowest BCUT2D eigenvalue weighted by atomic mass is 9.61. The van der Waals surface area contributed by atoms with Gasteiger partial charge in [-0.15, -0.1) is 0 Å². The molecule has 1 aliphatic heterocycles. The van der Waals surface area contributed by atoms with Crippen molar-refractivity contribution in [2.24, 2.45) is 17.3 Å². The number of amides is 1. The van der Waals surface area contributed by atoms with E-state index in [9.17, 15) is 9.90 Å². The van der Waals surface area contributed by atoms with E-state index in [2.05, 4.69) is 34.6 Å². The fraction of sp³-hybridized carbons (Fsp3) is 0.524. The maximum atomic E-state index is 12.5. The fourth-order valence-corrected chi connectivity index (χ4v) is 6.45. The zero-order chi connectivity index (χ0) is 18.0. The number of rotatable bonds is 4. The number of fused-ring (bicyclic) bond motifs is 1. The van der Waals surface area contributed by atoms with Crippen LogP contribution >= 0.6 is 11.8 Å². The quantitative estimate of drug-likeness (QED) is 0.854. The van der Waals surface area contributed by atoms with E-state index in [0.29, 0.717) is 29.3 Å². The number of hydrogen-bond acceptors (Lipinski definition) is 4. The van der Waals surface area contributed by atoms with Crippen molar-refractivity contribution >= 4 is 17.7 Å². The van der Waals surface area contributed by atoms with Crippen molar-refractivity contribution in [2.75, 3.05) is 12.3 Å². The van der Waals surface area contributed by atoms with E-state index in [0.717, 1.165) is 31.4 Å². The molecule has 4 rings (SSSR count). The molecule has 26 heavy (non-hydrogen) atoms. The molecule has 0 spiro atoms. The number of hydrogen-bond donors (Lipinski definition) is 2. The van der Waals surface area contributed by atoms with E-state index in [-0.39, 0.29) is 17.4 Å². The largest absolute Gasteiger partial charge is 0.393 e. The minimum Gasteiger partial charge on any atom is -0.393 e. The van der Waals surface area contributed by atoms with Crippen molar-refractivity contribution in [3.63, 3.8) is 0 Å². The fourth-order valence-electron chi connectivity index (χ4n) is 4.74. The summed E-state index contributed by atoms with van der Waals surface area (Å²) < 4.78 is 0. The van der Waals surface area contributed by atoms with E-state index < -0.39 is 0 Å². The predicted octanol–water partition coefficient (Wildman–Crippen LogP) is 3.21. The Balaban J connectivity index is 1.52. The van der Waals surface area contributed by atoms with E-state index in [1.165, 1.54) is 0 Å². The van der Waals surface area contributed by atoms with Gasteiger partial charge in [0.05, 0.1) is 6.10 Å². The van der Waals surface area contributed by atoms with Gasteiger partial charge in [0.25, 0.3) is 5.91 Å². The van der Waals surface area contributed by atoms with Crippen molar-refractivity contribution < 1.29 is 9.90 Å². The minimum absolute atomic E-state index is 0.0611. The Hall–Kier alpha value is -1.59. The lowest BCUT2D eigenvalue weighted by molar-refractivity contribution is 0.0215. The van der Waals surface area contributed by atoms with E-state index in [1.54, 1.807) is 12.3 Å². The van der Waals surface area contributed by atoms with Gasteiger partial charge in [-0.05, 0) is 60.8 Å². The van der Waals surface area contributed by atoms with Crippen molar-refractivity contribution in [3.05, 3.63) is 54.4 Å². The maximum absolute atomic E-state index is 12.5. The van der Waals surface area contributed by atoms with Crippen LogP contribution in [0.25, 0.3) is 0 Å². The summed E-state index contributed by atoms with van der Waals surface area (Å²) in [5.74, 6) is 2.10. The molecule has 2 aliphatic carbocycles. The molecule has 2 heterocycles. The van der Waals surface area contributed by atoms with Crippen LogP contribution in [0.4, 0.5) is 0 Å². The molecule has 3 unspecified atom stereocenters. The number of aliphatic hydroxyl groups excluding tert-OH is 1. The minimum atomic E-state index is -0.193. The summed E-state index contributed by atoms with van der Waals surface area (Å²) in [6.07, 6.45) is 14.0. The Morgan fingerprint density at radius 3 is 2.85 bits per heavy atom. The van der Waals surface area contributed by atoms with Gasteiger partial charge >= 0.3 is 0 Å². The normalized spacial score (nSPS) is 35.9. The predicted molar refractivity (Wildman–Crippen MR) is 105 cm³/mol. The van der Waals surface area contributed by atoms with Gasteiger partial charge in [-0.1, -0.05) is 30.4 Å². The van der Waals surface area contributed by atoms with Gasteiger partial charge in [0.1, 0.15) is 5.69 Å². The number of thioether (sulfide) groups is 1. The molecule has 1 aromatic heterocycles. The van der Waals surface area contributed by atoms with Gasteiger partial charge in [-0.3, -0.25) is 9.78 Å². The SMILES string of the molecule is O=C(NC[C@]1(C2CSC3C=CC=CC32)CC[C@@H](O)CC1)c1ccccn1. The van der Waals surface area contributed by atoms with Crippen LogP contribution in [0.3, 0.4) is 0 Å². The standard InChI is InChI=1S/C21H26N2O2S/c24-15-8-10-21(11-9-15,14-23-20(25)18-6-3-4-12-22-18)17-13-26-19-7-2-1-5-16(17)19/h1-7,12,15-17,19,24H,8-11,13-14H2,(H,23,25)/t15-,16?,17?,19?,21+. The molecular weight excluding hydrogens is 344 g/mol. The van der Waals surface area contributed by atoms with E-state index in [4.69, 9.17) is 0 Å². The molecule has 1 aromatic rings. The zero-order valence-electron chi connectivity index (χ0n) is 14.9. The highest BCUT2D eigenvalue weighted by molar-refractivity contribution is 8.00. The summed E-state index contributed by atoms with van der Waals surface area (Å²) in [5.41, 5.74) is 0.531. The molecule has 0 radical (unpaired) electrons. The van der Waals surface area contributed by atoms with Gasteiger partial charge in [-0.25, -0.2) is 0 Å². The van der Waals surface area contributed by atoms with Crippen LogP contribution in [0, 0.1) is 17.3 Å². The topological polar surface area (TPSA) is 62.2 Å². The van der Waals surface area contributed by atoms with Crippen LogP contribution in [0.1, 0.15) is 36.2 Å². The summed E-state index contributed by atoms with van der Waals surface area (Å²) in [4.78, 5) is 16.7. The van der Waals surface area contributed by atoms with Gasteiger partial charge < -0.3 is 10.4 Å². The summed E-state index contributed by atoms with van der Waals surface area (Å²) in [6, 6.07) is 5.41. The lowest BCUT2D eigenvalue weighted by Crippen LogP contribution is -2.48. The molecule has 5 heteroatoms. The number of pyridine rings is 1. The first-order valence-electron chi connectivity index (χ1n) is 9.52. The molecule has 138 valence electrons. The first-order chi connectivity index (χ1) is 12.7. The smallest absolute Gasteiger partial charge is 0.269 e. The third-order valence-electron chi connectivity index (χ3n) is 6.29. The highest BCUT2D eigenvalue weighted by Gasteiger charge is 2.49. The van der Waals surface area contributed by atoms with E-state index >= 15 is 0 Å². The Morgan fingerprint density at radius 1 is 1.27 bits per heavy atom. The molecule has 1 saturated carbocycles. The average Bonchev–Trinajstić information content (AvgIpc) is 3.13. The molecular formula is C21H26N2O2S. The Bertz CT molecular complexity index is 695. The molecule has 2 fully saturated rings. The first kappa shape index (κ1) is 17.8. The van der Waals surface area contributed by atoms with Gasteiger partial charge in [0.2, 0.25) is 0 Å². The average molecular weight is 371 g/mol. The van der Waals surface area contributed by atoms with Crippen molar-refractivity contribution in [1.82, 2.24) is 10.3 Å². The summed E-state index contributed by atoms with van der Waals surface area (Å²) in [6.45, 7) is 0.668. The van der Waals surface area contributed by atoms with Crippen LogP contribution in [0.2, 0.25) is 0 Å². The first-order valence-corrected chi connectivity index (χ1v) is 10.6. The molecule has 4 nitrogen and oxygen atoms in total. The number of aliphatic hydroxyl groups is 1. The Morgan fingerprint density at radius 2 is 2.08 bits per heavy atom. The molecule has 2 N–H and O–H groups in total. The monoisotopic (exact) mass is 370 g/mol. The molecule has 3 aliphatic rings. The second-order valence-corrected chi connectivity index (χ2v) is 8.95. The number of allylic oxidation sites excluding steroid dienone is 3. The molecule has 0 bridgehead atoms. The van der Waals surface area contributed by atoms with Crippen LogP contribution < -0.4 is 5.32 Å². The van der Waals surface area contributed by atoms with Crippen LogP contribution in [0.15, 0.2) is 48.7 Å².